The molecule has 0 fully saturated rings. The summed E-state index contributed by atoms with van der Waals surface area (Å²) in [5.41, 5.74) is 2.49. The third-order valence-corrected chi connectivity index (χ3v) is 2.97. The van der Waals surface area contributed by atoms with Crippen LogP contribution in [0.1, 0.15) is 22.9 Å². The lowest BCUT2D eigenvalue weighted by Gasteiger charge is -2.14. The fourth-order valence-corrected chi connectivity index (χ4v) is 2.08. The van der Waals surface area contributed by atoms with Crippen LogP contribution in [0.3, 0.4) is 0 Å². The van der Waals surface area contributed by atoms with Gasteiger partial charge >= 0.3 is 0 Å². The number of nitrogens with one attached hydrogen (secondary N) is 1. The third-order valence-electron chi connectivity index (χ3n) is 2.48. The van der Waals surface area contributed by atoms with Crippen molar-refractivity contribution in [3.8, 4) is 0 Å². The second-order valence-electron chi connectivity index (χ2n) is 3.56. The minimum absolute atomic E-state index is 0.0296. The van der Waals surface area contributed by atoms with E-state index in [0.29, 0.717) is 5.56 Å². The van der Waals surface area contributed by atoms with Gasteiger partial charge in [0.05, 0.1) is 29.7 Å². The van der Waals surface area contributed by atoms with Crippen LogP contribution in [-0.4, -0.2) is 15.8 Å². The molecule has 0 bridgehead atoms. The third kappa shape index (κ3) is 2.10. The molecular weight excluding hydrogens is 225 g/mol. The summed E-state index contributed by atoms with van der Waals surface area (Å²) in [6.45, 7) is 1.75. The van der Waals surface area contributed by atoms with Crippen LogP contribution in [0.4, 0.5) is 4.39 Å². The number of benzene rings is 1. The standard InChI is InChI=1S/C11H12FN3S/c1-7-5-8(3-4-9(7)12)11(13-2)10-6-14-16-15-10/h3-6,11,13H,1-2H3. The van der Waals surface area contributed by atoms with Crippen molar-refractivity contribution >= 4 is 11.7 Å². The van der Waals surface area contributed by atoms with Crippen molar-refractivity contribution < 1.29 is 4.39 Å². The molecule has 0 spiro atoms. The van der Waals surface area contributed by atoms with Crippen molar-refractivity contribution in [1.29, 1.82) is 0 Å². The maximum absolute atomic E-state index is 13.2. The summed E-state index contributed by atoms with van der Waals surface area (Å²) in [5.74, 6) is -0.185. The molecule has 3 nitrogen and oxygen atoms in total. The molecule has 1 unspecified atom stereocenters. The first kappa shape index (κ1) is 11.2. The van der Waals surface area contributed by atoms with Gasteiger partial charge in [-0.3, -0.25) is 0 Å². The second kappa shape index (κ2) is 4.67. The maximum atomic E-state index is 13.2. The van der Waals surface area contributed by atoms with E-state index >= 15 is 0 Å². The molecule has 0 aliphatic heterocycles. The number of halogens is 1. The van der Waals surface area contributed by atoms with Gasteiger partial charge in [-0.25, -0.2) is 4.39 Å². The maximum Gasteiger partial charge on any atom is 0.126 e. The molecule has 1 aromatic carbocycles. The number of aromatic nitrogens is 2. The van der Waals surface area contributed by atoms with Crippen LogP contribution in [0.15, 0.2) is 24.4 Å². The second-order valence-corrected chi connectivity index (χ2v) is 4.12. The average molecular weight is 237 g/mol. The fourth-order valence-electron chi connectivity index (χ4n) is 1.63. The largest absolute Gasteiger partial charge is 0.308 e. The summed E-state index contributed by atoms with van der Waals surface area (Å²) in [7, 11) is 1.85. The Bertz CT molecular complexity index is 470. The lowest BCUT2D eigenvalue weighted by atomic mass is 10.0. The van der Waals surface area contributed by atoms with Crippen LogP contribution in [-0.2, 0) is 0 Å². The van der Waals surface area contributed by atoms with Crippen molar-refractivity contribution in [2.45, 2.75) is 13.0 Å². The van der Waals surface area contributed by atoms with Gasteiger partial charge in [-0.15, -0.1) is 0 Å². The Balaban J connectivity index is 2.37. The van der Waals surface area contributed by atoms with E-state index in [9.17, 15) is 4.39 Å². The highest BCUT2D eigenvalue weighted by Gasteiger charge is 2.15. The van der Waals surface area contributed by atoms with Gasteiger partial charge in [-0.05, 0) is 31.2 Å². The highest BCUT2D eigenvalue weighted by atomic mass is 32.1. The zero-order chi connectivity index (χ0) is 11.5. The summed E-state index contributed by atoms with van der Waals surface area (Å²) in [5, 5.41) is 3.15. The first-order valence-corrected chi connectivity index (χ1v) is 5.66. The number of rotatable bonds is 3. The van der Waals surface area contributed by atoms with Gasteiger partial charge in [0.1, 0.15) is 5.82 Å². The zero-order valence-electron chi connectivity index (χ0n) is 9.07. The number of hydrogen-bond donors (Lipinski definition) is 1. The van der Waals surface area contributed by atoms with Crippen LogP contribution >= 0.6 is 11.7 Å². The number of aryl methyl sites for hydroxylation is 1. The smallest absolute Gasteiger partial charge is 0.126 e. The van der Waals surface area contributed by atoms with E-state index in [4.69, 9.17) is 0 Å². The molecule has 0 aliphatic carbocycles. The molecule has 2 rings (SSSR count). The first-order valence-electron chi connectivity index (χ1n) is 4.93. The highest BCUT2D eigenvalue weighted by Crippen LogP contribution is 2.22. The number of hydrogen-bond acceptors (Lipinski definition) is 4. The Kier molecular flexibility index (Phi) is 3.26. The molecule has 0 amide bonds. The van der Waals surface area contributed by atoms with E-state index in [0.717, 1.165) is 11.3 Å². The number of nitrogens with zero attached hydrogens (tertiary/aromatic N) is 2. The molecule has 1 aromatic heterocycles. The fraction of sp³-hybridized carbons (Fsp3) is 0.273. The predicted molar refractivity (Wildman–Crippen MR) is 61.9 cm³/mol. The Hall–Kier alpha value is -1.33. The molecule has 2 aromatic rings. The van der Waals surface area contributed by atoms with Gasteiger partial charge < -0.3 is 5.32 Å². The summed E-state index contributed by atoms with van der Waals surface area (Å²) in [4.78, 5) is 0. The molecule has 0 saturated carbocycles. The Morgan fingerprint density at radius 1 is 1.44 bits per heavy atom. The van der Waals surface area contributed by atoms with Crippen molar-refractivity contribution in [1.82, 2.24) is 14.1 Å². The molecule has 1 N–H and O–H groups in total. The average Bonchev–Trinajstić information content (AvgIpc) is 2.78. The molecule has 1 atom stereocenters. The lowest BCUT2D eigenvalue weighted by Crippen LogP contribution is -2.18. The molecule has 5 heteroatoms. The molecular formula is C11H12FN3S. The van der Waals surface area contributed by atoms with Crippen molar-refractivity contribution in [2.24, 2.45) is 0 Å². The van der Waals surface area contributed by atoms with E-state index in [1.165, 1.54) is 17.8 Å². The Morgan fingerprint density at radius 2 is 2.25 bits per heavy atom. The molecule has 84 valence electrons. The Morgan fingerprint density at radius 3 is 2.81 bits per heavy atom. The van der Waals surface area contributed by atoms with E-state index < -0.39 is 0 Å². The van der Waals surface area contributed by atoms with Gasteiger partial charge in [-0.1, -0.05) is 12.1 Å². The van der Waals surface area contributed by atoms with Crippen LogP contribution in [0.25, 0.3) is 0 Å². The normalized spacial score (nSPS) is 12.7. The van der Waals surface area contributed by atoms with Crippen molar-refractivity contribution in [2.75, 3.05) is 7.05 Å². The lowest BCUT2D eigenvalue weighted by molar-refractivity contribution is 0.613. The van der Waals surface area contributed by atoms with E-state index in [1.807, 2.05) is 13.1 Å². The van der Waals surface area contributed by atoms with Gasteiger partial charge in [0.2, 0.25) is 0 Å². The summed E-state index contributed by atoms with van der Waals surface area (Å²) >= 11 is 1.17. The summed E-state index contributed by atoms with van der Waals surface area (Å²) in [6.07, 6.45) is 1.73. The topological polar surface area (TPSA) is 37.8 Å². The van der Waals surface area contributed by atoms with Crippen molar-refractivity contribution in [3.05, 3.63) is 47.0 Å². The van der Waals surface area contributed by atoms with Crippen molar-refractivity contribution in [3.63, 3.8) is 0 Å². The molecule has 1 heterocycles. The van der Waals surface area contributed by atoms with E-state index in [-0.39, 0.29) is 11.9 Å². The Labute approximate surface area is 97.7 Å². The highest BCUT2D eigenvalue weighted by molar-refractivity contribution is 6.99. The van der Waals surface area contributed by atoms with E-state index in [1.54, 1.807) is 19.2 Å². The summed E-state index contributed by atoms with van der Waals surface area (Å²) in [6, 6.07) is 5.05. The van der Waals surface area contributed by atoms with Gasteiger partial charge in [-0.2, -0.15) is 8.75 Å². The van der Waals surface area contributed by atoms with Crippen LogP contribution in [0, 0.1) is 12.7 Å². The van der Waals surface area contributed by atoms with Gasteiger partial charge in [0.15, 0.2) is 0 Å². The molecule has 16 heavy (non-hydrogen) atoms. The minimum Gasteiger partial charge on any atom is -0.308 e. The molecule has 0 radical (unpaired) electrons. The van der Waals surface area contributed by atoms with Gasteiger partial charge in [0.25, 0.3) is 0 Å². The van der Waals surface area contributed by atoms with E-state index in [2.05, 4.69) is 14.1 Å². The minimum atomic E-state index is -0.185. The monoisotopic (exact) mass is 237 g/mol. The van der Waals surface area contributed by atoms with Crippen LogP contribution in [0.5, 0.6) is 0 Å². The summed E-state index contributed by atoms with van der Waals surface area (Å²) < 4.78 is 21.3. The van der Waals surface area contributed by atoms with Crippen LogP contribution in [0.2, 0.25) is 0 Å². The SMILES string of the molecule is CNC(c1ccc(F)c(C)c1)c1cnsn1. The zero-order valence-corrected chi connectivity index (χ0v) is 9.88. The first-order chi connectivity index (χ1) is 7.72. The molecule has 0 saturated heterocycles. The van der Waals surface area contributed by atoms with Crippen LogP contribution < -0.4 is 5.32 Å². The quantitative estimate of drug-likeness (QED) is 0.890. The predicted octanol–water partition coefficient (Wildman–Crippen LogP) is 2.29. The molecule has 0 aliphatic rings. The van der Waals surface area contributed by atoms with Gasteiger partial charge in [0, 0.05) is 0 Å².